The van der Waals surface area contributed by atoms with E-state index in [2.05, 4.69) is 15.5 Å². The van der Waals surface area contributed by atoms with Crippen molar-refractivity contribution in [2.75, 3.05) is 18.6 Å². The fourth-order valence-electron chi connectivity index (χ4n) is 5.64. The van der Waals surface area contributed by atoms with Crippen LogP contribution in [0.5, 0.6) is 0 Å². The Morgan fingerprint density at radius 3 is 2.52 bits per heavy atom. The maximum absolute atomic E-state index is 13.5. The maximum atomic E-state index is 13.5. The minimum absolute atomic E-state index is 0. The summed E-state index contributed by atoms with van der Waals surface area (Å²) in [4.78, 5) is 25.4. The Kier molecular flexibility index (Phi) is 14.1. The molecular formula is C33H41LiN3O4S. The van der Waals surface area contributed by atoms with Crippen molar-refractivity contribution in [1.82, 2.24) is 15.5 Å². The van der Waals surface area contributed by atoms with Gasteiger partial charge in [0.1, 0.15) is 12.1 Å². The third kappa shape index (κ3) is 9.44. The van der Waals surface area contributed by atoms with Crippen LogP contribution in [0.15, 0.2) is 60.9 Å². The van der Waals surface area contributed by atoms with Crippen LogP contribution in [0, 0.1) is 12.8 Å². The average Bonchev–Trinajstić information content (AvgIpc) is 3.00. The van der Waals surface area contributed by atoms with Crippen molar-refractivity contribution in [2.45, 2.75) is 70.4 Å². The van der Waals surface area contributed by atoms with Crippen molar-refractivity contribution < 1.29 is 19.4 Å². The number of carboxylic acid groups (broad SMARTS) is 1. The molecule has 42 heavy (non-hydrogen) atoms. The normalized spacial score (nSPS) is 14.9. The van der Waals surface area contributed by atoms with Crippen LogP contribution in [0.4, 0.5) is 0 Å². The zero-order valence-corrected chi connectivity index (χ0v) is 25.9. The molecular weight excluding hydrogens is 541 g/mol. The minimum atomic E-state index is -1.03. The van der Waals surface area contributed by atoms with Gasteiger partial charge in [0.25, 0.3) is 5.91 Å². The largest absolute Gasteiger partial charge is 0.480 e. The summed E-state index contributed by atoms with van der Waals surface area (Å²) in [5, 5.41) is 20.5. The molecule has 7 nitrogen and oxygen atoms in total. The van der Waals surface area contributed by atoms with Gasteiger partial charge in [-0.3, -0.25) is 4.79 Å². The minimum Gasteiger partial charge on any atom is -0.480 e. The molecule has 0 bridgehead atoms. The molecule has 0 aliphatic heterocycles. The SMILES string of the molecule is CSCC[C@H](NC(=O)c1ccc(C(OCCCC2CCCCC2)c2ccnnc2)cc1-c1ccccc1C)C(=O)O.[Li]. The summed E-state index contributed by atoms with van der Waals surface area (Å²) in [6.07, 6.45) is 14.1. The Hall–Kier alpha value is -2.63. The first-order valence-electron chi connectivity index (χ1n) is 14.6. The molecule has 2 aromatic carbocycles. The van der Waals surface area contributed by atoms with E-state index in [4.69, 9.17) is 4.74 Å². The monoisotopic (exact) mass is 582 g/mol. The van der Waals surface area contributed by atoms with Crippen molar-refractivity contribution >= 4 is 42.5 Å². The number of thioether (sulfide) groups is 1. The molecule has 3 aromatic rings. The number of amides is 1. The third-order valence-corrected chi connectivity index (χ3v) is 8.56. The van der Waals surface area contributed by atoms with Gasteiger partial charge >= 0.3 is 5.97 Å². The molecule has 1 saturated carbocycles. The van der Waals surface area contributed by atoms with E-state index in [1.807, 2.05) is 55.6 Å². The number of aliphatic carboxylic acids is 1. The molecule has 2 N–H and O–H groups in total. The van der Waals surface area contributed by atoms with E-state index in [0.717, 1.165) is 40.2 Å². The van der Waals surface area contributed by atoms with Gasteiger partial charge in [-0.1, -0.05) is 62.4 Å². The third-order valence-electron chi connectivity index (χ3n) is 7.92. The van der Waals surface area contributed by atoms with Gasteiger partial charge in [0.05, 0.1) is 6.20 Å². The molecule has 1 heterocycles. The molecule has 219 valence electrons. The van der Waals surface area contributed by atoms with Gasteiger partial charge in [-0.05, 0) is 84.6 Å². The van der Waals surface area contributed by atoms with E-state index in [-0.39, 0.29) is 25.0 Å². The number of rotatable bonds is 14. The van der Waals surface area contributed by atoms with Crippen molar-refractivity contribution in [3.05, 3.63) is 83.2 Å². The Labute approximate surface area is 265 Å². The van der Waals surface area contributed by atoms with Gasteiger partial charge in [0.2, 0.25) is 0 Å². The summed E-state index contributed by atoms with van der Waals surface area (Å²) in [5.41, 5.74) is 4.91. The van der Waals surface area contributed by atoms with Crippen molar-refractivity contribution in [1.29, 1.82) is 0 Å². The van der Waals surface area contributed by atoms with Crippen LogP contribution in [0.25, 0.3) is 11.1 Å². The first-order chi connectivity index (χ1) is 20.0. The first-order valence-corrected chi connectivity index (χ1v) is 16.0. The van der Waals surface area contributed by atoms with Gasteiger partial charge in [-0.2, -0.15) is 22.0 Å². The van der Waals surface area contributed by atoms with Gasteiger partial charge in [0.15, 0.2) is 0 Å². The predicted octanol–water partition coefficient (Wildman–Crippen LogP) is 6.47. The fraction of sp³-hybridized carbons (Fsp3) is 0.455. The Balaban J connectivity index is 0.00000484. The topological polar surface area (TPSA) is 101 Å². The number of ether oxygens (including phenoxy) is 1. The molecule has 1 unspecified atom stereocenters. The molecule has 1 aliphatic carbocycles. The second-order valence-electron chi connectivity index (χ2n) is 10.8. The Morgan fingerprint density at radius 1 is 1.05 bits per heavy atom. The summed E-state index contributed by atoms with van der Waals surface area (Å²) >= 11 is 1.55. The predicted molar refractivity (Wildman–Crippen MR) is 170 cm³/mol. The number of nitrogens with zero attached hydrogens (tertiary/aromatic N) is 2. The number of aromatic nitrogens is 2. The molecule has 1 aromatic heterocycles. The van der Waals surface area contributed by atoms with Crippen LogP contribution >= 0.6 is 11.8 Å². The Morgan fingerprint density at radius 2 is 1.83 bits per heavy atom. The number of carbonyl (C=O) groups is 2. The standard InChI is InChI=1S/C33H41N3O4S.Li/c1-23-9-6-7-13-27(23)29-21-25(14-15-28(29)32(37)36-30(33(38)39)17-20-41-2)31(26-16-18-34-35-22-26)40-19-8-12-24-10-4-3-5-11-24;/h6-7,9,13-16,18,21-22,24,30-31H,3-5,8,10-12,17,19-20H2,1-2H3,(H,36,37)(H,38,39);/t30-,31?;/m0./s1. The number of hydrogen-bond acceptors (Lipinski definition) is 6. The van der Waals surface area contributed by atoms with Crippen molar-refractivity contribution in [3.8, 4) is 11.1 Å². The molecule has 1 fully saturated rings. The van der Waals surface area contributed by atoms with Crippen molar-refractivity contribution in [2.24, 2.45) is 5.92 Å². The van der Waals surface area contributed by atoms with Gasteiger partial charge in [-0.15, -0.1) is 0 Å². The number of carboxylic acids is 1. The van der Waals surface area contributed by atoms with Crippen LogP contribution in [0.1, 0.15) is 84.5 Å². The zero-order chi connectivity index (χ0) is 29.0. The van der Waals surface area contributed by atoms with E-state index < -0.39 is 17.9 Å². The van der Waals surface area contributed by atoms with Gasteiger partial charge in [0, 0.05) is 42.8 Å². The van der Waals surface area contributed by atoms with E-state index in [0.29, 0.717) is 24.3 Å². The molecule has 2 atom stereocenters. The summed E-state index contributed by atoms with van der Waals surface area (Å²) in [7, 11) is 0. The smallest absolute Gasteiger partial charge is 0.326 e. The van der Waals surface area contributed by atoms with Crippen LogP contribution in [-0.2, 0) is 9.53 Å². The van der Waals surface area contributed by atoms with Crippen LogP contribution < -0.4 is 5.32 Å². The zero-order valence-electron chi connectivity index (χ0n) is 25.1. The van der Waals surface area contributed by atoms with Crippen molar-refractivity contribution in [3.63, 3.8) is 0 Å². The molecule has 1 aliphatic rings. The van der Waals surface area contributed by atoms with Crippen LogP contribution in [-0.4, -0.2) is 70.7 Å². The second kappa shape index (κ2) is 17.5. The summed E-state index contributed by atoms with van der Waals surface area (Å²) in [6.45, 7) is 2.63. The fourth-order valence-corrected chi connectivity index (χ4v) is 6.11. The summed E-state index contributed by atoms with van der Waals surface area (Å²) < 4.78 is 6.52. The number of benzene rings is 2. The second-order valence-corrected chi connectivity index (χ2v) is 11.8. The van der Waals surface area contributed by atoms with E-state index >= 15 is 0 Å². The van der Waals surface area contributed by atoms with E-state index in [1.165, 1.54) is 38.5 Å². The number of aryl methyl sites for hydroxylation is 1. The number of hydrogen-bond donors (Lipinski definition) is 2. The summed E-state index contributed by atoms with van der Waals surface area (Å²) in [5.74, 6) is -0.00261. The molecule has 1 radical (unpaired) electrons. The first kappa shape index (κ1) is 33.9. The molecule has 0 saturated heterocycles. The maximum Gasteiger partial charge on any atom is 0.326 e. The van der Waals surface area contributed by atoms with Crippen LogP contribution in [0.3, 0.4) is 0 Å². The number of carbonyl (C=O) groups excluding carboxylic acids is 1. The van der Waals surface area contributed by atoms with E-state index in [9.17, 15) is 14.7 Å². The van der Waals surface area contributed by atoms with Crippen LogP contribution in [0.2, 0.25) is 0 Å². The molecule has 0 spiro atoms. The van der Waals surface area contributed by atoms with E-state index in [1.54, 1.807) is 30.2 Å². The summed E-state index contributed by atoms with van der Waals surface area (Å²) in [6, 6.07) is 14.6. The number of nitrogens with one attached hydrogen (secondary N) is 1. The molecule has 4 rings (SSSR count). The van der Waals surface area contributed by atoms with Gasteiger partial charge < -0.3 is 15.2 Å². The average molecular weight is 583 g/mol. The molecule has 1 amide bonds. The molecule has 9 heteroatoms. The quantitative estimate of drug-likeness (QED) is 0.166. The van der Waals surface area contributed by atoms with Gasteiger partial charge in [-0.25, -0.2) is 4.79 Å². The Bertz CT molecular complexity index is 1290.